The van der Waals surface area contributed by atoms with Crippen LogP contribution in [-0.4, -0.2) is 37.0 Å². The molecule has 5 heteroatoms. The van der Waals surface area contributed by atoms with Gasteiger partial charge in [0.2, 0.25) is 0 Å². The Morgan fingerprint density at radius 3 is 2.46 bits per heavy atom. The van der Waals surface area contributed by atoms with Crippen LogP contribution in [0.3, 0.4) is 0 Å². The first kappa shape index (κ1) is 18.0. The normalized spacial score (nSPS) is 13.8. The molecule has 26 heavy (non-hydrogen) atoms. The van der Waals surface area contributed by atoms with Gasteiger partial charge in [-0.05, 0) is 42.5 Å². The molecule has 136 valence electrons. The van der Waals surface area contributed by atoms with Crippen molar-refractivity contribution in [1.29, 1.82) is 0 Å². The van der Waals surface area contributed by atoms with Crippen LogP contribution in [0.2, 0.25) is 0 Å². The Labute approximate surface area is 154 Å². The van der Waals surface area contributed by atoms with Gasteiger partial charge in [-0.1, -0.05) is 42.0 Å². The van der Waals surface area contributed by atoms with Crippen molar-refractivity contribution >= 4 is 11.9 Å². The van der Waals surface area contributed by atoms with Gasteiger partial charge in [-0.3, -0.25) is 4.79 Å². The summed E-state index contributed by atoms with van der Waals surface area (Å²) < 4.78 is 0. The van der Waals surface area contributed by atoms with Gasteiger partial charge in [0.1, 0.15) is 0 Å². The summed E-state index contributed by atoms with van der Waals surface area (Å²) in [6, 6.07) is 15.8. The number of nitrogens with zero attached hydrogens (tertiary/aromatic N) is 1. The number of nitrogens with one attached hydrogen (secondary N) is 2. The maximum Gasteiger partial charge on any atom is 0.317 e. The Kier molecular flexibility index (Phi) is 5.56. The number of rotatable bonds is 5. The molecule has 3 amide bonds. The minimum Gasteiger partial charge on any atom is -0.355 e. The zero-order valence-electron chi connectivity index (χ0n) is 15.3. The van der Waals surface area contributed by atoms with Crippen LogP contribution >= 0.6 is 0 Å². The van der Waals surface area contributed by atoms with Gasteiger partial charge in [0, 0.05) is 32.2 Å². The molecular weight excluding hydrogens is 326 g/mol. The zero-order valence-corrected chi connectivity index (χ0v) is 15.3. The highest BCUT2D eigenvalue weighted by atomic mass is 16.2. The summed E-state index contributed by atoms with van der Waals surface area (Å²) >= 11 is 0. The van der Waals surface area contributed by atoms with Crippen molar-refractivity contribution in [3.63, 3.8) is 0 Å². The van der Waals surface area contributed by atoms with Gasteiger partial charge in [0.05, 0.1) is 0 Å². The Balaban J connectivity index is 1.42. The molecule has 1 heterocycles. The van der Waals surface area contributed by atoms with E-state index in [1.54, 1.807) is 19.2 Å². The molecule has 1 aliphatic rings. The summed E-state index contributed by atoms with van der Waals surface area (Å²) in [5, 5.41) is 5.53. The first-order valence-corrected chi connectivity index (χ1v) is 8.94. The lowest BCUT2D eigenvalue weighted by molar-refractivity contribution is 0.0963. The van der Waals surface area contributed by atoms with Crippen LogP contribution in [0.4, 0.5) is 4.79 Å². The van der Waals surface area contributed by atoms with Crippen LogP contribution in [0.5, 0.6) is 0 Å². The Morgan fingerprint density at radius 1 is 1.08 bits per heavy atom. The van der Waals surface area contributed by atoms with Gasteiger partial charge in [0.25, 0.3) is 5.91 Å². The van der Waals surface area contributed by atoms with E-state index in [4.69, 9.17) is 0 Å². The van der Waals surface area contributed by atoms with E-state index in [1.807, 2.05) is 17.0 Å². The molecule has 0 radical (unpaired) electrons. The lowest BCUT2D eigenvalue weighted by Gasteiger charge is -2.39. The third kappa shape index (κ3) is 4.42. The molecule has 1 fully saturated rings. The lowest BCUT2D eigenvalue weighted by Crippen LogP contribution is -2.54. The van der Waals surface area contributed by atoms with Crippen LogP contribution in [0.25, 0.3) is 0 Å². The quantitative estimate of drug-likeness (QED) is 0.870. The highest BCUT2D eigenvalue weighted by molar-refractivity contribution is 5.93. The van der Waals surface area contributed by atoms with Crippen molar-refractivity contribution in [3.05, 3.63) is 70.8 Å². The fourth-order valence-electron chi connectivity index (χ4n) is 3.25. The molecule has 2 N–H and O–H groups in total. The van der Waals surface area contributed by atoms with E-state index in [-0.39, 0.29) is 11.9 Å². The van der Waals surface area contributed by atoms with E-state index in [0.29, 0.717) is 18.0 Å². The molecule has 2 aromatic rings. The minimum atomic E-state index is -0.110. The van der Waals surface area contributed by atoms with Gasteiger partial charge >= 0.3 is 6.03 Å². The first-order chi connectivity index (χ1) is 12.5. The second-order valence-corrected chi connectivity index (χ2v) is 6.90. The van der Waals surface area contributed by atoms with E-state index < -0.39 is 0 Å². The lowest BCUT2D eigenvalue weighted by atomic mass is 9.92. The zero-order chi connectivity index (χ0) is 18.5. The fourth-order valence-corrected chi connectivity index (χ4v) is 3.25. The number of carbonyl (C=O) groups excluding carboxylic acids is 2. The third-order valence-electron chi connectivity index (χ3n) is 4.74. The van der Waals surface area contributed by atoms with Crippen LogP contribution in [0.15, 0.2) is 48.5 Å². The maximum absolute atomic E-state index is 12.2. The molecule has 5 nitrogen and oxygen atoms in total. The van der Waals surface area contributed by atoms with E-state index >= 15 is 0 Å². The van der Waals surface area contributed by atoms with Crippen LogP contribution in [0, 0.1) is 12.8 Å². The fraction of sp³-hybridized carbons (Fsp3) is 0.333. The SMILES string of the molecule is CNC(=O)c1ccc(CNC(=O)N2CC(Cc3cccc(C)c3)C2)cc1. The number of aryl methyl sites for hydroxylation is 1. The van der Waals surface area contributed by atoms with Gasteiger partial charge in [-0.25, -0.2) is 4.79 Å². The van der Waals surface area contributed by atoms with E-state index in [2.05, 4.69) is 41.8 Å². The van der Waals surface area contributed by atoms with E-state index in [9.17, 15) is 9.59 Å². The number of hydrogen-bond acceptors (Lipinski definition) is 2. The third-order valence-corrected chi connectivity index (χ3v) is 4.74. The highest BCUT2D eigenvalue weighted by Gasteiger charge is 2.30. The Morgan fingerprint density at radius 2 is 1.81 bits per heavy atom. The molecule has 0 bridgehead atoms. The molecule has 1 aliphatic heterocycles. The van der Waals surface area contributed by atoms with Crippen molar-refractivity contribution in [3.8, 4) is 0 Å². The van der Waals surface area contributed by atoms with Gasteiger partial charge < -0.3 is 15.5 Å². The molecule has 1 saturated heterocycles. The summed E-state index contributed by atoms with van der Waals surface area (Å²) in [4.78, 5) is 25.6. The minimum absolute atomic E-state index is 0.0270. The second-order valence-electron chi connectivity index (χ2n) is 6.90. The van der Waals surface area contributed by atoms with Crippen molar-refractivity contribution in [1.82, 2.24) is 15.5 Å². The molecule has 3 rings (SSSR count). The summed E-state index contributed by atoms with van der Waals surface area (Å²) in [5.41, 5.74) is 4.21. The van der Waals surface area contributed by atoms with Gasteiger partial charge in [-0.2, -0.15) is 0 Å². The second kappa shape index (κ2) is 8.04. The average molecular weight is 351 g/mol. The molecule has 2 aromatic carbocycles. The van der Waals surface area contributed by atoms with Gasteiger partial charge in [0.15, 0.2) is 0 Å². The molecule has 0 spiro atoms. The maximum atomic E-state index is 12.2. The summed E-state index contributed by atoms with van der Waals surface area (Å²) in [6.07, 6.45) is 1.02. The van der Waals surface area contributed by atoms with E-state index in [1.165, 1.54) is 11.1 Å². The van der Waals surface area contributed by atoms with Crippen molar-refractivity contribution < 1.29 is 9.59 Å². The van der Waals surface area contributed by atoms with Crippen LogP contribution in [-0.2, 0) is 13.0 Å². The van der Waals surface area contributed by atoms with Crippen molar-refractivity contribution in [2.24, 2.45) is 5.92 Å². The number of hydrogen-bond donors (Lipinski definition) is 2. The first-order valence-electron chi connectivity index (χ1n) is 8.94. The highest BCUT2D eigenvalue weighted by Crippen LogP contribution is 2.21. The Bertz CT molecular complexity index is 780. The topological polar surface area (TPSA) is 61.4 Å². The smallest absolute Gasteiger partial charge is 0.317 e. The summed E-state index contributed by atoms with van der Waals surface area (Å²) in [7, 11) is 1.61. The largest absolute Gasteiger partial charge is 0.355 e. The van der Waals surface area contributed by atoms with Crippen molar-refractivity contribution in [2.75, 3.05) is 20.1 Å². The predicted octanol–water partition coefficient (Wildman–Crippen LogP) is 2.74. The van der Waals surface area contributed by atoms with Crippen LogP contribution < -0.4 is 10.6 Å². The predicted molar refractivity (Wildman–Crippen MR) is 102 cm³/mol. The summed E-state index contributed by atoms with van der Waals surface area (Å²) in [6.45, 7) is 4.17. The Hall–Kier alpha value is -2.82. The molecule has 0 aliphatic carbocycles. The number of amides is 3. The van der Waals surface area contributed by atoms with Gasteiger partial charge in [-0.15, -0.1) is 0 Å². The number of carbonyl (C=O) groups is 2. The number of likely N-dealkylation sites (tertiary alicyclic amines) is 1. The number of benzene rings is 2. The monoisotopic (exact) mass is 351 g/mol. The molecule has 0 aromatic heterocycles. The molecule has 0 saturated carbocycles. The molecule has 0 unspecified atom stereocenters. The molecule has 0 atom stereocenters. The standard InChI is InChI=1S/C21H25N3O2/c1-15-4-3-5-17(10-15)11-18-13-24(14-18)21(26)23-12-16-6-8-19(9-7-16)20(25)22-2/h3-10,18H,11-14H2,1-2H3,(H,22,25)(H,23,26). The average Bonchev–Trinajstić information content (AvgIpc) is 2.62. The number of urea groups is 1. The summed E-state index contributed by atoms with van der Waals surface area (Å²) in [5.74, 6) is 0.426. The van der Waals surface area contributed by atoms with Crippen LogP contribution in [0.1, 0.15) is 27.0 Å². The molecular formula is C21H25N3O2. The van der Waals surface area contributed by atoms with E-state index in [0.717, 1.165) is 25.1 Å². The van der Waals surface area contributed by atoms with Crippen molar-refractivity contribution in [2.45, 2.75) is 19.9 Å².